The second-order valence-corrected chi connectivity index (χ2v) is 8.48. The van der Waals surface area contributed by atoms with Gasteiger partial charge in [0, 0.05) is 36.8 Å². The number of carbonyl (C=O) groups is 2. The number of nitrogens with two attached hydrogens (primary N) is 1. The average Bonchev–Trinajstić information content (AvgIpc) is 3.35. The number of rotatable bonds is 5. The third-order valence-corrected chi connectivity index (χ3v) is 6.87. The lowest BCUT2D eigenvalue weighted by Crippen LogP contribution is -2.40. The number of aryl methyl sites for hydroxylation is 1. The first-order valence-electron chi connectivity index (χ1n) is 9.49. The number of carbonyl (C=O) groups excluding carboxylic acids is 2. The molecule has 1 aliphatic heterocycles. The van der Waals surface area contributed by atoms with Crippen LogP contribution in [0, 0.1) is 5.92 Å². The van der Waals surface area contributed by atoms with Crippen LogP contribution in [0.1, 0.15) is 52.9 Å². The van der Waals surface area contributed by atoms with E-state index in [-0.39, 0.29) is 11.8 Å². The molecule has 2 aromatic rings. The SMILES string of the molecule is NC(=O)CCC1CCCN(C(=O)c2c(-n3cccc3)sc3c2CCC3)C1. The lowest BCUT2D eigenvalue weighted by molar-refractivity contribution is -0.118. The molecular weight excluding hydrogens is 346 g/mol. The molecule has 3 heterocycles. The summed E-state index contributed by atoms with van der Waals surface area (Å²) in [6.07, 6.45) is 10.5. The van der Waals surface area contributed by atoms with Crippen molar-refractivity contribution in [2.24, 2.45) is 11.7 Å². The Kier molecular flexibility index (Phi) is 4.85. The third kappa shape index (κ3) is 3.30. The van der Waals surface area contributed by atoms with Crippen molar-refractivity contribution in [3.8, 4) is 5.00 Å². The van der Waals surface area contributed by atoms with Crippen molar-refractivity contribution in [3.05, 3.63) is 40.5 Å². The van der Waals surface area contributed by atoms with Crippen LogP contribution < -0.4 is 5.73 Å². The lowest BCUT2D eigenvalue weighted by atomic mass is 9.92. The molecule has 6 heteroatoms. The number of thiophene rings is 1. The molecule has 1 aliphatic carbocycles. The molecule has 2 aliphatic rings. The molecule has 1 fully saturated rings. The van der Waals surface area contributed by atoms with Crippen molar-refractivity contribution >= 4 is 23.2 Å². The predicted molar refractivity (Wildman–Crippen MR) is 103 cm³/mol. The Morgan fingerprint density at radius 2 is 2.00 bits per heavy atom. The second kappa shape index (κ2) is 7.27. The summed E-state index contributed by atoms with van der Waals surface area (Å²) >= 11 is 1.77. The highest BCUT2D eigenvalue weighted by molar-refractivity contribution is 7.15. The van der Waals surface area contributed by atoms with E-state index < -0.39 is 0 Å². The van der Waals surface area contributed by atoms with Crippen molar-refractivity contribution in [3.63, 3.8) is 0 Å². The molecule has 0 spiro atoms. The van der Waals surface area contributed by atoms with Crippen LogP contribution >= 0.6 is 11.3 Å². The van der Waals surface area contributed by atoms with Crippen LogP contribution in [0.25, 0.3) is 5.00 Å². The maximum Gasteiger partial charge on any atom is 0.257 e. The Morgan fingerprint density at radius 3 is 2.77 bits per heavy atom. The summed E-state index contributed by atoms with van der Waals surface area (Å²) in [6.45, 7) is 1.55. The summed E-state index contributed by atoms with van der Waals surface area (Å²) in [5.74, 6) is 0.290. The molecule has 2 aromatic heterocycles. The molecule has 2 N–H and O–H groups in total. The molecule has 1 atom stereocenters. The van der Waals surface area contributed by atoms with Gasteiger partial charge in [0.15, 0.2) is 0 Å². The van der Waals surface area contributed by atoms with E-state index >= 15 is 0 Å². The molecule has 138 valence electrons. The largest absolute Gasteiger partial charge is 0.370 e. The molecule has 0 saturated carbocycles. The van der Waals surface area contributed by atoms with Crippen LogP contribution in [0.3, 0.4) is 0 Å². The van der Waals surface area contributed by atoms with Gasteiger partial charge >= 0.3 is 0 Å². The third-order valence-electron chi connectivity index (χ3n) is 5.56. The minimum absolute atomic E-state index is 0.164. The van der Waals surface area contributed by atoms with E-state index in [0.29, 0.717) is 12.3 Å². The van der Waals surface area contributed by atoms with Crippen molar-refractivity contribution < 1.29 is 9.59 Å². The van der Waals surface area contributed by atoms with Gasteiger partial charge in [-0.1, -0.05) is 0 Å². The Labute approximate surface area is 157 Å². The van der Waals surface area contributed by atoms with Crippen LogP contribution in [0.5, 0.6) is 0 Å². The maximum absolute atomic E-state index is 13.4. The van der Waals surface area contributed by atoms with Gasteiger partial charge in [-0.25, -0.2) is 0 Å². The Bertz CT molecular complexity index is 809. The van der Waals surface area contributed by atoms with E-state index in [1.54, 1.807) is 11.3 Å². The van der Waals surface area contributed by atoms with E-state index in [2.05, 4.69) is 4.57 Å². The average molecular weight is 372 g/mol. The number of piperidine rings is 1. The van der Waals surface area contributed by atoms with Gasteiger partial charge in [-0.2, -0.15) is 0 Å². The highest BCUT2D eigenvalue weighted by Crippen LogP contribution is 2.39. The standard InChI is InChI=1S/C20H25N3O2S/c21-17(24)9-8-14-5-4-12-23(13-14)19(25)18-15-6-3-7-16(15)26-20(18)22-10-1-2-11-22/h1-2,10-11,14H,3-9,12-13H2,(H2,21,24). The van der Waals surface area contributed by atoms with Crippen molar-refractivity contribution in [1.82, 2.24) is 9.47 Å². The summed E-state index contributed by atoms with van der Waals surface area (Å²) in [7, 11) is 0. The molecule has 1 saturated heterocycles. The van der Waals surface area contributed by atoms with Crippen LogP contribution in [0.15, 0.2) is 24.5 Å². The fourth-order valence-corrected chi connectivity index (χ4v) is 5.60. The monoisotopic (exact) mass is 371 g/mol. The molecular formula is C20H25N3O2S. The molecule has 4 rings (SSSR count). The van der Waals surface area contributed by atoms with E-state index in [1.807, 2.05) is 29.4 Å². The summed E-state index contributed by atoms with van der Waals surface area (Å²) in [4.78, 5) is 27.9. The highest BCUT2D eigenvalue weighted by atomic mass is 32.1. The van der Waals surface area contributed by atoms with Gasteiger partial charge in [-0.15, -0.1) is 11.3 Å². The second-order valence-electron chi connectivity index (χ2n) is 7.39. The maximum atomic E-state index is 13.4. The van der Waals surface area contributed by atoms with Gasteiger partial charge in [0.25, 0.3) is 5.91 Å². The Morgan fingerprint density at radius 1 is 1.19 bits per heavy atom. The number of hydrogen-bond acceptors (Lipinski definition) is 3. The Balaban J connectivity index is 1.59. The quantitative estimate of drug-likeness (QED) is 0.877. The van der Waals surface area contributed by atoms with E-state index in [4.69, 9.17) is 5.73 Å². The lowest BCUT2D eigenvalue weighted by Gasteiger charge is -2.33. The number of hydrogen-bond donors (Lipinski definition) is 1. The first kappa shape index (κ1) is 17.3. The molecule has 0 bridgehead atoms. The first-order valence-corrected chi connectivity index (χ1v) is 10.3. The van der Waals surface area contributed by atoms with Gasteiger partial charge in [0.1, 0.15) is 5.00 Å². The molecule has 26 heavy (non-hydrogen) atoms. The van der Waals surface area contributed by atoms with Crippen molar-refractivity contribution in [2.45, 2.75) is 44.9 Å². The summed E-state index contributed by atoms with van der Waals surface area (Å²) in [5.41, 5.74) is 7.47. The van der Waals surface area contributed by atoms with Gasteiger partial charge in [-0.05, 0) is 62.1 Å². The number of fused-ring (bicyclic) bond motifs is 1. The van der Waals surface area contributed by atoms with E-state index in [0.717, 1.165) is 62.2 Å². The van der Waals surface area contributed by atoms with E-state index in [1.165, 1.54) is 10.4 Å². The van der Waals surface area contributed by atoms with E-state index in [9.17, 15) is 9.59 Å². The van der Waals surface area contributed by atoms with Crippen LogP contribution in [0.4, 0.5) is 0 Å². The summed E-state index contributed by atoms with van der Waals surface area (Å²) < 4.78 is 2.07. The van der Waals surface area contributed by atoms with Crippen LogP contribution in [-0.4, -0.2) is 34.4 Å². The van der Waals surface area contributed by atoms with Crippen molar-refractivity contribution in [1.29, 1.82) is 0 Å². The fourth-order valence-electron chi connectivity index (χ4n) is 4.25. The molecule has 5 nitrogen and oxygen atoms in total. The fraction of sp³-hybridized carbons (Fsp3) is 0.500. The number of aromatic nitrogens is 1. The topological polar surface area (TPSA) is 68.3 Å². The number of likely N-dealkylation sites (tertiary alicyclic amines) is 1. The van der Waals surface area contributed by atoms with Gasteiger partial charge < -0.3 is 15.2 Å². The molecule has 2 amide bonds. The van der Waals surface area contributed by atoms with Gasteiger partial charge in [-0.3, -0.25) is 9.59 Å². The predicted octanol–water partition coefficient (Wildman–Crippen LogP) is 3.15. The van der Waals surface area contributed by atoms with Gasteiger partial charge in [0.05, 0.1) is 5.56 Å². The van der Waals surface area contributed by atoms with Crippen molar-refractivity contribution in [2.75, 3.05) is 13.1 Å². The smallest absolute Gasteiger partial charge is 0.257 e. The minimum atomic E-state index is -0.251. The zero-order chi connectivity index (χ0) is 18.1. The zero-order valence-corrected chi connectivity index (χ0v) is 15.8. The first-order chi connectivity index (χ1) is 12.6. The number of amides is 2. The molecule has 0 radical (unpaired) electrons. The summed E-state index contributed by atoms with van der Waals surface area (Å²) in [6, 6.07) is 4.00. The zero-order valence-electron chi connectivity index (χ0n) is 14.9. The van der Waals surface area contributed by atoms with Gasteiger partial charge in [0.2, 0.25) is 5.91 Å². The van der Waals surface area contributed by atoms with Crippen LogP contribution in [-0.2, 0) is 17.6 Å². The normalized spacial score (nSPS) is 19.5. The Hall–Kier alpha value is -2.08. The molecule has 0 aromatic carbocycles. The minimum Gasteiger partial charge on any atom is -0.370 e. The molecule has 1 unspecified atom stereocenters. The van der Waals surface area contributed by atoms with Crippen LogP contribution in [0.2, 0.25) is 0 Å². The summed E-state index contributed by atoms with van der Waals surface area (Å²) in [5, 5.41) is 1.06. The number of nitrogens with zero attached hydrogens (tertiary/aromatic N) is 2. The number of primary amides is 1. The highest BCUT2D eigenvalue weighted by Gasteiger charge is 2.32.